The van der Waals surface area contributed by atoms with Crippen molar-refractivity contribution >= 4 is 27.3 Å². The van der Waals surface area contributed by atoms with Crippen LogP contribution in [0.5, 0.6) is 11.5 Å². The molecule has 1 aliphatic heterocycles. The van der Waals surface area contributed by atoms with Crippen molar-refractivity contribution in [3.63, 3.8) is 0 Å². The van der Waals surface area contributed by atoms with Crippen molar-refractivity contribution in [3.8, 4) is 11.5 Å². The highest BCUT2D eigenvalue weighted by Gasteiger charge is 2.31. The number of aromatic nitrogens is 1. The highest BCUT2D eigenvalue weighted by Crippen LogP contribution is 2.35. The lowest BCUT2D eigenvalue weighted by Crippen LogP contribution is -2.37. The van der Waals surface area contributed by atoms with Crippen LogP contribution >= 0.6 is 11.3 Å². The molecule has 1 aliphatic rings. The Hall–Kier alpha value is -3.06. The van der Waals surface area contributed by atoms with Crippen LogP contribution < -0.4 is 14.8 Å². The lowest BCUT2D eigenvalue weighted by atomic mass is 9.99. The van der Waals surface area contributed by atoms with Crippen molar-refractivity contribution in [2.45, 2.75) is 55.9 Å². The summed E-state index contributed by atoms with van der Waals surface area (Å²) in [6.45, 7) is 1.71. The maximum atomic E-state index is 13.2. The number of halogens is 1. The molecule has 42 heavy (non-hydrogen) atoms. The van der Waals surface area contributed by atoms with Crippen molar-refractivity contribution in [2.24, 2.45) is 0 Å². The Bertz CT molecular complexity index is 1410. The van der Waals surface area contributed by atoms with Crippen molar-refractivity contribution < 1.29 is 31.8 Å². The molecule has 4 rings (SSSR count). The average molecular weight is 620 g/mol. The molecule has 9 nitrogen and oxygen atoms in total. The number of unbranched alkanes of at least 4 members (excludes halogenated alkanes) is 2. The number of sulfonamides is 1. The first-order valence-electron chi connectivity index (χ1n) is 14.1. The number of aryl methyl sites for hydroxylation is 1. The van der Waals surface area contributed by atoms with E-state index >= 15 is 0 Å². The monoisotopic (exact) mass is 619 g/mol. The Morgan fingerprint density at radius 1 is 1.05 bits per heavy atom. The lowest BCUT2D eigenvalue weighted by molar-refractivity contribution is -0.126. The summed E-state index contributed by atoms with van der Waals surface area (Å²) in [6, 6.07) is 10.7. The van der Waals surface area contributed by atoms with E-state index in [1.807, 2.05) is 0 Å². The molecule has 2 heterocycles. The number of hydrogen-bond donors (Lipinski definition) is 1. The zero-order valence-corrected chi connectivity index (χ0v) is 25.6. The van der Waals surface area contributed by atoms with Gasteiger partial charge in [0.05, 0.1) is 36.4 Å². The average Bonchev–Trinajstić information content (AvgIpc) is 3.48. The highest BCUT2D eigenvalue weighted by atomic mass is 32.2. The number of carbonyl (C=O) groups excluding carboxylic acids is 1. The Morgan fingerprint density at radius 2 is 1.79 bits per heavy atom. The molecule has 0 spiro atoms. The summed E-state index contributed by atoms with van der Waals surface area (Å²) >= 11 is 1.65. The van der Waals surface area contributed by atoms with Gasteiger partial charge in [-0.25, -0.2) is 17.8 Å². The summed E-state index contributed by atoms with van der Waals surface area (Å²) < 4.78 is 56.8. The molecule has 1 amide bonds. The summed E-state index contributed by atoms with van der Waals surface area (Å²) in [6.07, 6.45) is 5.14. The van der Waals surface area contributed by atoms with Gasteiger partial charge in [-0.05, 0) is 61.9 Å². The normalized spacial score (nSPS) is 14.5. The van der Waals surface area contributed by atoms with Crippen LogP contribution in [0.4, 0.5) is 4.39 Å². The molecular weight excluding hydrogens is 581 g/mol. The van der Waals surface area contributed by atoms with Gasteiger partial charge in [0.1, 0.15) is 12.4 Å². The molecule has 1 saturated heterocycles. The summed E-state index contributed by atoms with van der Waals surface area (Å²) in [5.74, 6) is 0.664. The fourth-order valence-electron chi connectivity index (χ4n) is 4.82. The van der Waals surface area contributed by atoms with Gasteiger partial charge in [0.25, 0.3) is 0 Å². The van der Waals surface area contributed by atoms with Crippen LogP contribution in [0.3, 0.4) is 0 Å². The van der Waals surface area contributed by atoms with Gasteiger partial charge in [-0.15, -0.1) is 11.3 Å². The topological polar surface area (TPSA) is 107 Å². The third-order valence-electron chi connectivity index (χ3n) is 7.21. The van der Waals surface area contributed by atoms with Gasteiger partial charge in [-0.3, -0.25) is 4.79 Å². The van der Waals surface area contributed by atoms with Crippen molar-refractivity contribution in [1.82, 2.24) is 14.6 Å². The van der Waals surface area contributed by atoms with Gasteiger partial charge in [0, 0.05) is 37.0 Å². The minimum Gasteiger partial charge on any atom is -0.493 e. The number of piperidine rings is 1. The van der Waals surface area contributed by atoms with Crippen molar-refractivity contribution in [3.05, 3.63) is 69.9 Å². The zero-order chi connectivity index (χ0) is 30.0. The minimum absolute atomic E-state index is 0.0277. The van der Waals surface area contributed by atoms with E-state index in [4.69, 9.17) is 19.2 Å². The van der Waals surface area contributed by atoms with E-state index in [0.717, 1.165) is 54.8 Å². The molecule has 2 aromatic carbocycles. The second kappa shape index (κ2) is 15.4. The number of nitrogens with one attached hydrogen (secondary N) is 1. The van der Waals surface area contributed by atoms with Crippen molar-refractivity contribution in [2.75, 3.05) is 40.5 Å². The van der Waals surface area contributed by atoms with Gasteiger partial charge in [0.15, 0.2) is 11.5 Å². The standard InChI is InChI=1S/C30H38FN3O6S2/c1-38-27-12-11-26(18-28(27)39-2)42(36,37)34-16-13-23(14-17-34)30-33-25(21-41-30)6-4-3-5-15-32-29(35)20-40-19-22-7-9-24(31)10-8-22/h7-12,18,21,23H,3-6,13-17,19-20H2,1-2H3,(H,32,35). The fraction of sp³-hybridized carbons (Fsp3) is 0.467. The Kier molecular flexibility index (Phi) is 11.7. The summed E-state index contributed by atoms with van der Waals surface area (Å²) in [5.41, 5.74) is 1.88. The number of ether oxygens (including phenoxy) is 3. The molecule has 0 aliphatic carbocycles. The third kappa shape index (κ3) is 8.73. The van der Waals surface area contributed by atoms with Gasteiger partial charge >= 0.3 is 0 Å². The molecule has 1 aromatic heterocycles. The predicted octanol–water partition coefficient (Wildman–Crippen LogP) is 4.91. The summed E-state index contributed by atoms with van der Waals surface area (Å²) in [5, 5.41) is 6.03. The second-order valence-electron chi connectivity index (χ2n) is 10.2. The third-order valence-corrected chi connectivity index (χ3v) is 10.2. The van der Waals surface area contributed by atoms with Gasteiger partial charge in [-0.2, -0.15) is 4.31 Å². The van der Waals surface area contributed by atoms with E-state index in [1.54, 1.807) is 35.6 Å². The number of benzene rings is 2. The van der Waals surface area contributed by atoms with E-state index in [9.17, 15) is 17.6 Å². The van der Waals surface area contributed by atoms with Crippen molar-refractivity contribution in [1.29, 1.82) is 0 Å². The number of amides is 1. The van der Waals surface area contributed by atoms with Crippen LogP contribution in [0, 0.1) is 5.82 Å². The molecule has 228 valence electrons. The smallest absolute Gasteiger partial charge is 0.246 e. The van der Waals surface area contributed by atoms with E-state index in [1.165, 1.54) is 36.7 Å². The second-order valence-corrected chi connectivity index (χ2v) is 13.0. The molecule has 0 bridgehead atoms. The molecular formula is C30H38FN3O6S2. The van der Waals surface area contributed by atoms with Gasteiger partial charge < -0.3 is 19.5 Å². The Morgan fingerprint density at radius 3 is 2.50 bits per heavy atom. The Balaban J connectivity index is 1.12. The number of rotatable bonds is 15. The molecule has 1 fully saturated rings. The van der Waals surface area contributed by atoms with Crippen LogP contribution in [0.1, 0.15) is 54.3 Å². The van der Waals surface area contributed by atoms with E-state index in [2.05, 4.69) is 10.7 Å². The lowest BCUT2D eigenvalue weighted by Gasteiger charge is -2.30. The quantitative estimate of drug-likeness (QED) is 0.241. The zero-order valence-electron chi connectivity index (χ0n) is 24.0. The first-order chi connectivity index (χ1) is 20.3. The first kappa shape index (κ1) is 31.9. The summed E-state index contributed by atoms with van der Waals surface area (Å²) in [4.78, 5) is 17.0. The van der Waals surface area contributed by atoms with Gasteiger partial charge in [-0.1, -0.05) is 18.6 Å². The minimum atomic E-state index is -3.63. The summed E-state index contributed by atoms with van der Waals surface area (Å²) in [7, 11) is -0.625. The van der Waals surface area contributed by atoms with E-state index in [0.29, 0.717) is 31.1 Å². The molecule has 1 N–H and O–H groups in total. The molecule has 12 heteroatoms. The Labute approximate surface area is 251 Å². The highest BCUT2D eigenvalue weighted by molar-refractivity contribution is 7.89. The van der Waals surface area contributed by atoms with Crippen LogP contribution in [0.2, 0.25) is 0 Å². The van der Waals surface area contributed by atoms with Crippen LogP contribution in [-0.4, -0.2) is 64.1 Å². The number of nitrogens with zero attached hydrogens (tertiary/aromatic N) is 2. The number of thiazole rings is 1. The number of hydrogen-bond acceptors (Lipinski definition) is 8. The van der Waals surface area contributed by atoms with Crippen LogP contribution in [-0.2, 0) is 32.6 Å². The number of methoxy groups -OCH3 is 2. The van der Waals surface area contributed by atoms with Crippen LogP contribution in [0.15, 0.2) is 52.7 Å². The molecule has 3 aromatic rings. The molecule has 0 saturated carbocycles. The predicted molar refractivity (Wildman–Crippen MR) is 159 cm³/mol. The van der Waals surface area contributed by atoms with Crippen LogP contribution in [0.25, 0.3) is 0 Å². The van der Waals surface area contributed by atoms with E-state index in [-0.39, 0.29) is 35.8 Å². The molecule has 0 radical (unpaired) electrons. The maximum absolute atomic E-state index is 13.2. The molecule has 0 atom stereocenters. The SMILES string of the molecule is COc1ccc(S(=O)(=O)N2CCC(c3nc(CCCCCNC(=O)COCc4ccc(F)cc4)cs3)CC2)cc1OC. The maximum Gasteiger partial charge on any atom is 0.246 e. The number of carbonyl (C=O) groups is 1. The first-order valence-corrected chi connectivity index (χ1v) is 16.4. The fourth-order valence-corrected chi connectivity index (χ4v) is 7.33. The van der Waals surface area contributed by atoms with E-state index < -0.39 is 10.0 Å². The van der Waals surface area contributed by atoms with Gasteiger partial charge in [0.2, 0.25) is 15.9 Å². The molecule has 0 unspecified atom stereocenters. The largest absolute Gasteiger partial charge is 0.493 e.